The largest absolute Gasteiger partial charge is 0.411 e. The molecule has 0 saturated heterocycles. The third kappa shape index (κ3) is 3.92. The van der Waals surface area contributed by atoms with Crippen LogP contribution in [0.3, 0.4) is 0 Å². The monoisotopic (exact) mass is 425 g/mol. The number of carbonyl (C=O) groups excluding carboxylic acids is 1. The van der Waals surface area contributed by atoms with E-state index in [2.05, 4.69) is 16.7 Å². The SMILES string of the molecule is C#Cc1cc(NC(=O)c2cc([N+](C)(O)NC3(C(F)(F)F)CCC3)cn2C)ccc1F. The number of hydrogen-bond donors (Lipinski definition) is 3. The standard InChI is InChI=1S/C20H20F4N4O2/c1-4-13-10-14(6-7-16(13)21)25-18(29)17-11-15(12-27(17)2)28(3,30)26-19(8-5-9-19)20(22,23)24/h1,6-7,10-12,26,30H,5,8-9H2,2-3H3/p+1. The lowest BCUT2D eigenvalue weighted by Gasteiger charge is -2.45. The van der Waals surface area contributed by atoms with Gasteiger partial charge in [0.1, 0.15) is 18.6 Å². The van der Waals surface area contributed by atoms with E-state index in [4.69, 9.17) is 6.42 Å². The number of quaternary nitrogens is 1. The minimum atomic E-state index is -4.53. The van der Waals surface area contributed by atoms with Crippen molar-refractivity contribution in [3.63, 3.8) is 0 Å². The van der Waals surface area contributed by atoms with Crippen molar-refractivity contribution < 1.29 is 27.6 Å². The van der Waals surface area contributed by atoms with Gasteiger partial charge in [-0.05, 0) is 37.5 Å². The third-order valence-corrected chi connectivity index (χ3v) is 5.29. The second-order valence-electron chi connectivity index (χ2n) is 7.49. The van der Waals surface area contributed by atoms with Crippen LogP contribution in [-0.4, -0.2) is 34.4 Å². The van der Waals surface area contributed by atoms with Crippen molar-refractivity contribution >= 4 is 17.3 Å². The van der Waals surface area contributed by atoms with Crippen molar-refractivity contribution in [1.29, 1.82) is 0 Å². The first-order valence-corrected chi connectivity index (χ1v) is 9.08. The summed E-state index contributed by atoms with van der Waals surface area (Å²) in [6.07, 6.45) is 2.14. The van der Waals surface area contributed by atoms with Crippen molar-refractivity contribution in [2.24, 2.45) is 7.05 Å². The molecule has 0 aliphatic heterocycles. The fourth-order valence-electron chi connectivity index (χ4n) is 3.39. The number of terminal acetylenes is 1. The molecule has 1 aromatic heterocycles. The summed E-state index contributed by atoms with van der Waals surface area (Å²) in [4.78, 5) is 12.6. The zero-order valence-electron chi connectivity index (χ0n) is 16.3. The van der Waals surface area contributed by atoms with Gasteiger partial charge in [-0.3, -0.25) is 4.79 Å². The fraction of sp³-hybridized carbons (Fsp3) is 0.350. The summed E-state index contributed by atoms with van der Waals surface area (Å²) < 4.78 is 54.0. The van der Waals surface area contributed by atoms with Crippen LogP contribution >= 0.6 is 0 Å². The van der Waals surface area contributed by atoms with Gasteiger partial charge in [0.15, 0.2) is 5.54 Å². The van der Waals surface area contributed by atoms with Gasteiger partial charge in [0, 0.05) is 18.8 Å². The summed E-state index contributed by atoms with van der Waals surface area (Å²) in [6, 6.07) is 5.00. The van der Waals surface area contributed by atoms with Crippen molar-refractivity contribution in [2.75, 3.05) is 12.4 Å². The average molecular weight is 425 g/mol. The Morgan fingerprint density at radius 2 is 2.00 bits per heavy atom. The van der Waals surface area contributed by atoms with Crippen LogP contribution in [0.25, 0.3) is 0 Å². The van der Waals surface area contributed by atoms with Crippen LogP contribution in [0.5, 0.6) is 0 Å². The van der Waals surface area contributed by atoms with Crippen LogP contribution in [0.2, 0.25) is 0 Å². The molecular formula is C20H21F4N4O2+. The van der Waals surface area contributed by atoms with Gasteiger partial charge < -0.3 is 9.88 Å². The maximum atomic E-state index is 13.5. The van der Waals surface area contributed by atoms with Crippen molar-refractivity contribution in [3.05, 3.63) is 47.5 Å². The van der Waals surface area contributed by atoms with E-state index >= 15 is 0 Å². The maximum Gasteiger partial charge on any atom is 0.411 e. The summed E-state index contributed by atoms with van der Waals surface area (Å²) in [5, 5.41) is 13.2. The summed E-state index contributed by atoms with van der Waals surface area (Å²) in [5.41, 5.74) is 0.431. The highest BCUT2D eigenvalue weighted by atomic mass is 19.4. The molecule has 0 radical (unpaired) electrons. The second kappa shape index (κ2) is 7.43. The molecule has 1 heterocycles. The van der Waals surface area contributed by atoms with Crippen molar-refractivity contribution in [2.45, 2.75) is 31.0 Å². The molecule has 1 amide bonds. The second-order valence-corrected chi connectivity index (χ2v) is 7.49. The number of aryl methyl sites for hydroxylation is 1. The van der Waals surface area contributed by atoms with Gasteiger partial charge in [-0.15, -0.1) is 11.8 Å². The van der Waals surface area contributed by atoms with Crippen LogP contribution < -0.4 is 15.5 Å². The predicted octanol–water partition coefficient (Wildman–Crippen LogP) is 3.71. The van der Waals surface area contributed by atoms with E-state index in [0.29, 0.717) is 6.42 Å². The molecule has 1 fully saturated rings. The van der Waals surface area contributed by atoms with E-state index in [1.807, 2.05) is 0 Å². The van der Waals surface area contributed by atoms with Crippen LogP contribution in [0.1, 0.15) is 35.3 Å². The van der Waals surface area contributed by atoms with E-state index < -0.39 is 28.2 Å². The first-order chi connectivity index (χ1) is 13.9. The van der Waals surface area contributed by atoms with Gasteiger partial charge in [-0.1, -0.05) is 10.7 Å². The van der Waals surface area contributed by atoms with Gasteiger partial charge in [0.25, 0.3) is 5.91 Å². The van der Waals surface area contributed by atoms with Gasteiger partial charge in [0.05, 0.1) is 11.8 Å². The molecule has 3 N–H and O–H groups in total. The van der Waals surface area contributed by atoms with E-state index in [9.17, 15) is 27.6 Å². The third-order valence-electron chi connectivity index (χ3n) is 5.29. The zero-order valence-corrected chi connectivity index (χ0v) is 16.3. The lowest BCUT2D eigenvalue weighted by Crippen LogP contribution is -2.72. The number of anilines is 1. The molecule has 30 heavy (non-hydrogen) atoms. The number of carbonyl (C=O) groups is 1. The smallest absolute Gasteiger partial charge is 0.341 e. The molecule has 1 aliphatic rings. The van der Waals surface area contributed by atoms with Crippen molar-refractivity contribution in [3.8, 4) is 12.3 Å². The van der Waals surface area contributed by atoms with Gasteiger partial charge in [-0.2, -0.15) is 18.4 Å². The quantitative estimate of drug-likeness (QED) is 0.296. The molecular weight excluding hydrogens is 404 g/mol. The topological polar surface area (TPSA) is 66.3 Å². The number of nitrogens with one attached hydrogen (secondary N) is 2. The predicted molar refractivity (Wildman–Crippen MR) is 103 cm³/mol. The maximum absolute atomic E-state index is 13.5. The van der Waals surface area contributed by atoms with Crippen LogP contribution in [0, 0.1) is 18.2 Å². The number of amides is 1. The molecule has 1 unspecified atom stereocenters. The fourth-order valence-corrected chi connectivity index (χ4v) is 3.39. The van der Waals surface area contributed by atoms with E-state index in [-0.39, 0.29) is 35.5 Å². The molecule has 0 spiro atoms. The highest BCUT2D eigenvalue weighted by Gasteiger charge is 2.62. The molecule has 1 saturated carbocycles. The number of nitrogens with zero attached hydrogens (tertiary/aromatic N) is 2. The molecule has 0 bridgehead atoms. The summed E-state index contributed by atoms with van der Waals surface area (Å²) >= 11 is 0. The molecule has 10 heteroatoms. The molecule has 3 rings (SSSR count). The molecule has 1 aliphatic carbocycles. The van der Waals surface area contributed by atoms with E-state index in [1.54, 1.807) is 0 Å². The Morgan fingerprint density at radius 1 is 1.33 bits per heavy atom. The van der Waals surface area contributed by atoms with Crippen LogP contribution in [0.15, 0.2) is 30.5 Å². The average Bonchev–Trinajstić information content (AvgIpc) is 3.01. The Bertz CT molecular complexity index is 1020. The minimum absolute atomic E-state index is 0.0258. The summed E-state index contributed by atoms with van der Waals surface area (Å²) in [6.45, 7) is 0. The number of halogens is 4. The lowest BCUT2D eigenvalue weighted by molar-refractivity contribution is -0.260. The molecule has 160 valence electrons. The summed E-state index contributed by atoms with van der Waals surface area (Å²) in [5.74, 6) is 0.952. The van der Waals surface area contributed by atoms with E-state index in [0.717, 1.165) is 13.1 Å². The Morgan fingerprint density at radius 3 is 2.53 bits per heavy atom. The number of benzene rings is 1. The number of hydrogen-bond acceptors (Lipinski definition) is 3. The lowest BCUT2D eigenvalue weighted by atomic mass is 9.76. The van der Waals surface area contributed by atoms with Gasteiger partial charge >= 0.3 is 6.18 Å². The zero-order chi connectivity index (χ0) is 22.3. The van der Waals surface area contributed by atoms with Gasteiger partial charge in [-0.25, -0.2) is 4.39 Å². The number of alkyl halides is 3. The van der Waals surface area contributed by atoms with Crippen LogP contribution in [-0.2, 0) is 7.05 Å². The Labute approximate surface area is 170 Å². The summed E-state index contributed by atoms with van der Waals surface area (Å²) in [7, 11) is 2.67. The molecule has 2 aromatic rings. The van der Waals surface area contributed by atoms with Crippen molar-refractivity contribution in [1.82, 2.24) is 14.7 Å². The highest BCUT2D eigenvalue weighted by Crippen LogP contribution is 2.46. The first-order valence-electron chi connectivity index (χ1n) is 9.08. The number of rotatable bonds is 5. The van der Waals surface area contributed by atoms with E-state index in [1.165, 1.54) is 36.0 Å². The molecule has 1 aromatic carbocycles. The minimum Gasteiger partial charge on any atom is -0.341 e. The Hall–Kier alpha value is -2.87. The number of hydroxylamine groups is 1. The highest BCUT2D eigenvalue weighted by molar-refractivity contribution is 6.03. The molecule has 1 atom stereocenters. The van der Waals surface area contributed by atoms with Gasteiger partial charge in [0.2, 0.25) is 5.69 Å². The Balaban J connectivity index is 1.82. The molecule has 6 nitrogen and oxygen atoms in total. The normalized spacial score (nSPS) is 17.5. The Kier molecular flexibility index (Phi) is 5.41. The number of aromatic nitrogens is 1. The van der Waals surface area contributed by atoms with Crippen LogP contribution in [0.4, 0.5) is 28.9 Å². The first kappa shape index (κ1) is 21.8.